The van der Waals surface area contributed by atoms with Crippen LogP contribution in [0.25, 0.3) is 0 Å². The molecule has 0 bridgehead atoms. The smallest absolute Gasteiger partial charge is 0.306 e. The summed E-state index contributed by atoms with van der Waals surface area (Å²) in [5.74, 6) is -0.928. The van der Waals surface area contributed by atoms with Gasteiger partial charge in [-0.2, -0.15) is 0 Å². The molecule has 0 aliphatic rings. The lowest BCUT2D eigenvalue weighted by molar-refractivity contribution is -0.166. The molecule has 0 aliphatic heterocycles. The van der Waals surface area contributed by atoms with Crippen LogP contribution in [0.15, 0.2) is 24.3 Å². The Morgan fingerprint density at radius 2 is 0.551 bits per heavy atom. The van der Waals surface area contributed by atoms with Gasteiger partial charge in [-0.3, -0.25) is 14.4 Å². The summed E-state index contributed by atoms with van der Waals surface area (Å²) in [5, 5.41) is 0. The van der Waals surface area contributed by atoms with Gasteiger partial charge in [-0.05, 0) is 38.5 Å². The third kappa shape index (κ3) is 56.7. The lowest BCUT2D eigenvalue weighted by Gasteiger charge is -2.18. The van der Waals surface area contributed by atoms with E-state index < -0.39 is 6.10 Å². The molecule has 1 atom stereocenters. The van der Waals surface area contributed by atoms with Crippen molar-refractivity contribution in [3.63, 3.8) is 0 Å². The van der Waals surface area contributed by atoms with E-state index in [1.54, 1.807) is 0 Å². The number of allylic oxidation sites excluding steroid dienone is 4. The lowest BCUT2D eigenvalue weighted by atomic mass is 10.0. The van der Waals surface area contributed by atoms with Crippen molar-refractivity contribution in [2.45, 2.75) is 348 Å². The fourth-order valence-corrected chi connectivity index (χ4v) is 9.32. The molecule has 0 aromatic carbocycles. The highest BCUT2D eigenvalue weighted by Gasteiger charge is 2.19. The van der Waals surface area contributed by atoms with Crippen molar-refractivity contribution in [1.29, 1.82) is 0 Å². The summed E-state index contributed by atoms with van der Waals surface area (Å²) in [5.41, 5.74) is 0. The van der Waals surface area contributed by atoms with Crippen molar-refractivity contribution in [3.05, 3.63) is 24.3 Å². The van der Waals surface area contributed by atoms with E-state index in [1.165, 1.54) is 244 Å². The molecule has 0 aliphatic carbocycles. The Labute approximate surface area is 430 Å². The van der Waals surface area contributed by atoms with Crippen LogP contribution in [0.3, 0.4) is 0 Å². The van der Waals surface area contributed by atoms with Crippen molar-refractivity contribution in [3.8, 4) is 0 Å². The fourth-order valence-electron chi connectivity index (χ4n) is 9.32. The third-order valence-electron chi connectivity index (χ3n) is 14.0. The van der Waals surface area contributed by atoms with E-state index in [9.17, 15) is 14.4 Å². The zero-order valence-corrected chi connectivity index (χ0v) is 46.6. The number of unbranched alkanes of at least 4 members (excludes halogenated alkanes) is 42. The van der Waals surface area contributed by atoms with Gasteiger partial charge >= 0.3 is 17.9 Å². The molecule has 0 heterocycles. The summed E-state index contributed by atoms with van der Waals surface area (Å²) in [7, 11) is 0. The van der Waals surface area contributed by atoms with Gasteiger partial charge in [0.25, 0.3) is 0 Å². The van der Waals surface area contributed by atoms with E-state index in [-0.39, 0.29) is 37.5 Å². The van der Waals surface area contributed by atoms with Crippen molar-refractivity contribution in [2.75, 3.05) is 13.2 Å². The van der Waals surface area contributed by atoms with Crippen LogP contribution >= 0.6 is 0 Å². The molecule has 0 saturated carbocycles. The van der Waals surface area contributed by atoms with Crippen LogP contribution in [0.5, 0.6) is 0 Å². The van der Waals surface area contributed by atoms with Crippen molar-refractivity contribution < 1.29 is 28.6 Å². The Bertz CT molecular complexity index is 1110. The summed E-state index contributed by atoms with van der Waals surface area (Å²) in [6, 6.07) is 0. The Balaban J connectivity index is 4.32. The minimum Gasteiger partial charge on any atom is -0.462 e. The third-order valence-corrected chi connectivity index (χ3v) is 14.0. The van der Waals surface area contributed by atoms with E-state index in [4.69, 9.17) is 14.2 Å². The van der Waals surface area contributed by atoms with Gasteiger partial charge in [0.1, 0.15) is 13.2 Å². The quantitative estimate of drug-likeness (QED) is 0.0261. The van der Waals surface area contributed by atoms with E-state index in [0.717, 1.165) is 51.4 Å². The lowest BCUT2D eigenvalue weighted by Crippen LogP contribution is -2.30. The normalized spacial score (nSPS) is 12.1. The number of carbonyl (C=O) groups is 3. The number of ether oxygens (including phenoxy) is 3. The molecule has 6 heteroatoms. The number of rotatable bonds is 57. The molecule has 1 unspecified atom stereocenters. The summed E-state index contributed by atoms with van der Waals surface area (Å²) in [6.45, 7) is 6.65. The Morgan fingerprint density at radius 3 is 0.884 bits per heavy atom. The molecule has 0 rings (SSSR count). The van der Waals surface area contributed by atoms with Gasteiger partial charge in [-0.15, -0.1) is 0 Å². The number of hydrogen-bond acceptors (Lipinski definition) is 6. The van der Waals surface area contributed by atoms with Crippen LogP contribution in [0.1, 0.15) is 342 Å². The first-order valence-corrected chi connectivity index (χ1v) is 30.8. The highest BCUT2D eigenvalue weighted by atomic mass is 16.6. The van der Waals surface area contributed by atoms with E-state index in [1.807, 2.05) is 6.08 Å². The summed E-state index contributed by atoms with van der Waals surface area (Å²) in [4.78, 5) is 38.2. The second-order valence-corrected chi connectivity index (χ2v) is 21.0. The van der Waals surface area contributed by atoms with Gasteiger partial charge in [0.2, 0.25) is 0 Å². The van der Waals surface area contributed by atoms with Crippen LogP contribution < -0.4 is 0 Å². The first kappa shape index (κ1) is 66.9. The molecule has 69 heavy (non-hydrogen) atoms. The van der Waals surface area contributed by atoms with Crippen LogP contribution in [0.2, 0.25) is 0 Å². The molecular formula is C63H118O6. The second-order valence-electron chi connectivity index (χ2n) is 21.0. The van der Waals surface area contributed by atoms with Gasteiger partial charge < -0.3 is 14.2 Å². The predicted molar refractivity (Wildman–Crippen MR) is 298 cm³/mol. The Morgan fingerprint density at radius 1 is 0.290 bits per heavy atom. The average Bonchev–Trinajstić information content (AvgIpc) is 3.35. The molecule has 0 aromatic rings. The zero-order chi connectivity index (χ0) is 50.0. The standard InChI is InChI=1S/C63H118O6/c1-4-7-10-13-16-19-22-25-27-29-31-33-35-38-41-44-47-50-53-56-62(65)68-59-60(58-67-61(64)55-52-49-46-43-40-37-24-21-18-15-12-9-6-3)69-63(66)57-54-51-48-45-42-39-36-34-32-30-28-26-23-20-17-14-11-8-5-2/h37,40,46,49,60H,4-36,38-39,41-45,47-48,50-59H2,1-3H3/b40-37-,49-46-. The Hall–Kier alpha value is -2.11. The van der Waals surface area contributed by atoms with Crippen LogP contribution in [0.4, 0.5) is 0 Å². The molecule has 0 fully saturated rings. The van der Waals surface area contributed by atoms with Crippen LogP contribution in [0, 0.1) is 0 Å². The molecule has 0 amide bonds. The number of carbonyl (C=O) groups excluding carboxylic acids is 3. The monoisotopic (exact) mass is 971 g/mol. The van der Waals surface area contributed by atoms with E-state index in [0.29, 0.717) is 19.3 Å². The van der Waals surface area contributed by atoms with Crippen LogP contribution in [-0.2, 0) is 28.6 Å². The number of hydrogen-bond donors (Lipinski definition) is 0. The molecule has 0 N–H and O–H groups in total. The topological polar surface area (TPSA) is 78.9 Å². The van der Waals surface area contributed by atoms with Crippen LogP contribution in [-0.4, -0.2) is 37.2 Å². The first-order valence-electron chi connectivity index (χ1n) is 30.8. The van der Waals surface area contributed by atoms with Gasteiger partial charge in [0.05, 0.1) is 0 Å². The first-order chi connectivity index (χ1) is 34.0. The molecule has 0 radical (unpaired) electrons. The van der Waals surface area contributed by atoms with Gasteiger partial charge in [0.15, 0.2) is 6.10 Å². The summed E-state index contributed by atoms with van der Waals surface area (Å²) >= 11 is 0. The maximum Gasteiger partial charge on any atom is 0.306 e. The Kier molecular flexibility index (Phi) is 56.7. The van der Waals surface area contributed by atoms with Gasteiger partial charge in [-0.25, -0.2) is 0 Å². The molecule has 0 spiro atoms. The second kappa shape index (κ2) is 58.5. The molecule has 0 saturated heterocycles. The minimum absolute atomic E-state index is 0.0822. The van der Waals surface area contributed by atoms with E-state index >= 15 is 0 Å². The highest BCUT2D eigenvalue weighted by Crippen LogP contribution is 2.18. The molecule has 406 valence electrons. The zero-order valence-electron chi connectivity index (χ0n) is 46.6. The maximum atomic E-state index is 12.9. The van der Waals surface area contributed by atoms with E-state index in [2.05, 4.69) is 39.0 Å². The van der Waals surface area contributed by atoms with Gasteiger partial charge in [0, 0.05) is 19.3 Å². The predicted octanol–water partition coefficient (Wildman–Crippen LogP) is 20.7. The van der Waals surface area contributed by atoms with Gasteiger partial charge in [-0.1, -0.05) is 308 Å². The SMILES string of the molecule is CCCCCCCC/C=C\C/C=C\CCC(=O)OCC(COC(=O)CCCCCCCCCCCCCCCCCCCCC)OC(=O)CCCCCCCCCCCCCCCCCCCCC. The molecular weight excluding hydrogens is 853 g/mol. The summed E-state index contributed by atoms with van der Waals surface area (Å²) in [6.07, 6.45) is 69.1. The molecule has 6 nitrogen and oxygen atoms in total. The van der Waals surface area contributed by atoms with Crippen molar-refractivity contribution in [1.82, 2.24) is 0 Å². The average molecular weight is 972 g/mol. The highest BCUT2D eigenvalue weighted by molar-refractivity contribution is 5.71. The molecule has 0 aromatic heterocycles. The summed E-state index contributed by atoms with van der Waals surface area (Å²) < 4.78 is 16.9. The van der Waals surface area contributed by atoms with Crippen molar-refractivity contribution in [2.24, 2.45) is 0 Å². The maximum absolute atomic E-state index is 12.9. The van der Waals surface area contributed by atoms with Crippen molar-refractivity contribution >= 4 is 17.9 Å². The number of esters is 3. The fraction of sp³-hybridized carbons (Fsp3) is 0.889. The largest absolute Gasteiger partial charge is 0.462 e. The minimum atomic E-state index is -0.789.